The van der Waals surface area contributed by atoms with Gasteiger partial charge in [0.1, 0.15) is 18.5 Å². The highest BCUT2D eigenvalue weighted by Crippen LogP contribution is 2.45. The molecule has 12 heteroatoms. The predicted octanol–water partition coefficient (Wildman–Crippen LogP) is 5.25. The number of nitrogens with one attached hydrogen (secondary N) is 1. The number of nitrogens with zero attached hydrogens (tertiary/aromatic N) is 1. The molecule has 0 bridgehead atoms. The second-order valence-electron chi connectivity index (χ2n) is 11.0. The smallest absolute Gasteiger partial charge is 0.410 e. The lowest BCUT2D eigenvalue weighted by atomic mass is 9.89. The summed E-state index contributed by atoms with van der Waals surface area (Å²) in [6.07, 6.45) is -3.01. The van der Waals surface area contributed by atoms with Crippen molar-refractivity contribution in [3.63, 3.8) is 0 Å². The Labute approximate surface area is 254 Å². The van der Waals surface area contributed by atoms with Gasteiger partial charge >= 0.3 is 12.1 Å². The number of carboxylic acids is 1. The molecule has 0 radical (unpaired) electrons. The van der Waals surface area contributed by atoms with Crippen molar-refractivity contribution in [1.82, 2.24) is 9.62 Å². The molecule has 1 aliphatic carbocycles. The summed E-state index contributed by atoms with van der Waals surface area (Å²) in [6, 6.07) is 20.9. The Kier molecular flexibility index (Phi) is 9.50. The monoisotopic (exact) mass is 628 g/mol. The van der Waals surface area contributed by atoms with Crippen LogP contribution in [0.2, 0.25) is 0 Å². The minimum absolute atomic E-state index is 0.0155. The number of amides is 1. The molecule has 1 saturated carbocycles. The molecule has 1 aliphatic heterocycles. The number of alkyl halides is 2. The van der Waals surface area contributed by atoms with E-state index in [0.717, 1.165) is 11.1 Å². The van der Waals surface area contributed by atoms with Gasteiger partial charge in [0.05, 0.1) is 25.1 Å². The van der Waals surface area contributed by atoms with E-state index in [-0.39, 0.29) is 51.9 Å². The van der Waals surface area contributed by atoms with Gasteiger partial charge in [-0.2, -0.15) is 0 Å². The van der Waals surface area contributed by atoms with Crippen molar-refractivity contribution < 1.29 is 41.4 Å². The molecule has 0 unspecified atom stereocenters. The van der Waals surface area contributed by atoms with E-state index >= 15 is 4.39 Å². The Hall–Kier alpha value is -4.03. The number of halogens is 2. The molecule has 1 saturated heterocycles. The highest BCUT2D eigenvalue weighted by molar-refractivity contribution is 7.91. The maximum absolute atomic E-state index is 15.5. The van der Waals surface area contributed by atoms with Gasteiger partial charge in [0.2, 0.25) is 15.0 Å². The summed E-state index contributed by atoms with van der Waals surface area (Å²) in [6.45, 7) is -0.0671. The van der Waals surface area contributed by atoms with E-state index in [4.69, 9.17) is 14.6 Å². The zero-order chi connectivity index (χ0) is 31.3. The Balaban J connectivity index is 1.42. The molecule has 0 aromatic heterocycles. The number of ether oxygens (including phenoxy) is 2. The molecule has 0 spiro atoms. The third-order valence-corrected chi connectivity index (χ3v) is 9.80. The molecule has 2 fully saturated rings. The topological polar surface area (TPSA) is 122 Å². The van der Waals surface area contributed by atoms with Gasteiger partial charge in [-0.05, 0) is 35.6 Å². The first kappa shape index (κ1) is 31.4. The number of likely N-dealkylation sites (tertiary alicyclic amines) is 1. The number of carboxylic acid groups (broad SMARTS) is 1. The number of sulfonamides is 1. The van der Waals surface area contributed by atoms with Crippen LogP contribution in [0.4, 0.5) is 13.6 Å². The lowest BCUT2D eigenvalue weighted by Gasteiger charge is -2.42. The standard InChI is InChI=1S/C32H34F2N2O7S/c33-26-13-17-36(31(39)43-21-22-7-2-1-3-8-22)27(30(26)35-44(40,41)32(34)15-16-32)20-23-9-6-10-24(19-23)25-11-4-5-12-28(25)42-18-14-29(37)38/h1-12,19,26-27,30,35H,13-18,20-21H2,(H,37,38)/t26-,27-,30-/m0/s1. The van der Waals surface area contributed by atoms with Crippen LogP contribution < -0.4 is 9.46 Å². The first-order chi connectivity index (χ1) is 21.1. The summed E-state index contributed by atoms with van der Waals surface area (Å²) in [5.74, 6) is -0.512. The number of hydrogen-bond donors (Lipinski definition) is 2. The fourth-order valence-electron chi connectivity index (χ4n) is 5.30. The SMILES string of the molecule is O=C(O)CCOc1ccccc1-c1cccc(C[C@H]2[C@@H](NS(=O)(=O)C3(F)CC3)[C@@H](F)CCN2C(=O)OCc2ccccc2)c1. The zero-order valence-electron chi connectivity index (χ0n) is 23.9. The predicted molar refractivity (Wildman–Crippen MR) is 159 cm³/mol. The van der Waals surface area contributed by atoms with Gasteiger partial charge in [0.25, 0.3) is 0 Å². The Morgan fingerprint density at radius 2 is 1.70 bits per heavy atom. The maximum atomic E-state index is 15.5. The molecule has 234 valence electrons. The van der Waals surface area contributed by atoms with E-state index in [0.29, 0.717) is 16.9 Å². The van der Waals surface area contributed by atoms with Crippen LogP contribution in [0.1, 0.15) is 36.8 Å². The fourth-order valence-corrected chi connectivity index (χ4v) is 6.81. The molecule has 3 aromatic carbocycles. The summed E-state index contributed by atoms with van der Waals surface area (Å²) in [5.41, 5.74) is 2.82. The van der Waals surface area contributed by atoms with Crippen LogP contribution in [0.5, 0.6) is 5.75 Å². The first-order valence-electron chi connectivity index (χ1n) is 14.4. The minimum atomic E-state index is -4.51. The Morgan fingerprint density at radius 3 is 2.43 bits per heavy atom. The Morgan fingerprint density at radius 1 is 1.00 bits per heavy atom. The van der Waals surface area contributed by atoms with Gasteiger partial charge in [0, 0.05) is 24.9 Å². The van der Waals surface area contributed by atoms with Crippen LogP contribution in [-0.4, -0.2) is 66.9 Å². The quantitative estimate of drug-likeness (QED) is 0.281. The van der Waals surface area contributed by atoms with Gasteiger partial charge in [0.15, 0.2) is 0 Å². The molecular weight excluding hydrogens is 594 g/mol. The third kappa shape index (κ3) is 7.36. The van der Waals surface area contributed by atoms with E-state index < -0.39 is 45.3 Å². The van der Waals surface area contributed by atoms with Gasteiger partial charge in [-0.1, -0.05) is 72.8 Å². The van der Waals surface area contributed by atoms with Gasteiger partial charge in [-0.3, -0.25) is 4.79 Å². The van der Waals surface area contributed by atoms with Crippen molar-refractivity contribution in [2.75, 3.05) is 13.2 Å². The van der Waals surface area contributed by atoms with Crippen molar-refractivity contribution in [3.05, 3.63) is 90.0 Å². The molecule has 44 heavy (non-hydrogen) atoms. The largest absolute Gasteiger partial charge is 0.492 e. The zero-order valence-corrected chi connectivity index (χ0v) is 24.7. The third-order valence-electron chi connectivity index (χ3n) is 7.85. The summed E-state index contributed by atoms with van der Waals surface area (Å²) in [5, 5.41) is 6.53. The first-order valence-corrected chi connectivity index (χ1v) is 15.9. The molecule has 9 nitrogen and oxygen atoms in total. The molecule has 2 N–H and O–H groups in total. The minimum Gasteiger partial charge on any atom is -0.492 e. The van der Waals surface area contributed by atoms with Crippen LogP contribution in [-0.2, 0) is 32.6 Å². The Bertz CT molecular complexity index is 1580. The molecule has 3 aromatic rings. The van der Waals surface area contributed by atoms with E-state index in [2.05, 4.69) is 4.72 Å². The maximum Gasteiger partial charge on any atom is 0.410 e. The molecule has 1 heterocycles. The van der Waals surface area contributed by atoms with Gasteiger partial charge in [-0.15, -0.1) is 0 Å². The number of aliphatic carboxylic acids is 1. The second-order valence-corrected chi connectivity index (χ2v) is 13.0. The van der Waals surface area contributed by atoms with Crippen molar-refractivity contribution in [1.29, 1.82) is 0 Å². The number of carbonyl (C=O) groups is 2. The number of rotatable bonds is 12. The van der Waals surface area contributed by atoms with Gasteiger partial charge < -0.3 is 19.5 Å². The van der Waals surface area contributed by atoms with Crippen molar-refractivity contribution >= 4 is 22.1 Å². The highest BCUT2D eigenvalue weighted by Gasteiger charge is 2.57. The van der Waals surface area contributed by atoms with Crippen molar-refractivity contribution in [2.45, 2.75) is 62.0 Å². The summed E-state index contributed by atoms with van der Waals surface area (Å²) >= 11 is 0. The van der Waals surface area contributed by atoms with E-state index in [1.807, 2.05) is 24.3 Å². The summed E-state index contributed by atoms with van der Waals surface area (Å²) in [7, 11) is -4.51. The van der Waals surface area contributed by atoms with Crippen LogP contribution in [0.25, 0.3) is 11.1 Å². The molecule has 3 atom stereocenters. The highest BCUT2D eigenvalue weighted by atomic mass is 32.2. The fraction of sp³-hybridized carbons (Fsp3) is 0.375. The van der Waals surface area contributed by atoms with Crippen LogP contribution >= 0.6 is 0 Å². The number of piperidine rings is 1. The van der Waals surface area contributed by atoms with Crippen LogP contribution in [0.15, 0.2) is 78.9 Å². The van der Waals surface area contributed by atoms with E-state index in [1.165, 1.54) is 4.90 Å². The van der Waals surface area contributed by atoms with E-state index in [1.54, 1.807) is 54.6 Å². The second kappa shape index (κ2) is 13.3. The number of hydrogen-bond acceptors (Lipinski definition) is 6. The van der Waals surface area contributed by atoms with Crippen LogP contribution in [0.3, 0.4) is 0 Å². The lowest BCUT2D eigenvalue weighted by Crippen LogP contribution is -2.63. The number of carbonyl (C=O) groups excluding carboxylic acids is 1. The van der Waals surface area contributed by atoms with E-state index in [9.17, 15) is 22.4 Å². The summed E-state index contributed by atoms with van der Waals surface area (Å²) in [4.78, 5) is 25.6. The lowest BCUT2D eigenvalue weighted by molar-refractivity contribution is -0.137. The number of benzene rings is 3. The number of para-hydroxylation sites is 1. The average Bonchev–Trinajstić information content (AvgIpc) is 3.78. The van der Waals surface area contributed by atoms with Gasteiger partial charge in [-0.25, -0.2) is 26.7 Å². The molecule has 1 amide bonds. The molecule has 2 aliphatic rings. The molecule has 5 rings (SSSR count). The average molecular weight is 629 g/mol. The molecular formula is C32H34F2N2O7S. The normalized spacial score (nSPS) is 21.0. The van der Waals surface area contributed by atoms with Crippen molar-refractivity contribution in [3.8, 4) is 16.9 Å². The summed E-state index contributed by atoms with van der Waals surface area (Å²) < 4.78 is 69.6. The van der Waals surface area contributed by atoms with Crippen molar-refractivity contribution in [2.24, 2.45) is 0 Å². The van der Waals surface area contributed by atoms with Crippen LogP contribution in [0, 0.1) is 0 Å².